The Balaban J connectivity index is 2.22. The van der Waals surface area contributed by atoms with E-state index in [4.69, 9.17) is 4.74 Å². The van der Waals surface area contributed by atoms with Crippen molar-refractivity contribution in [1.29, 1.82) is 0 Å². The number of morpholine rings is 1. The van der Waals surface area contributed by atoms with Gasteiger partial charge >= 0.3 is 0 Å². The number of carbonyl (C=O) groups is 1. The maximum absolute atomic E-state index is 12.6. The molecule has 0 aliphatic carbocycles. The van der Waals surface area contributed by atoms with Crippen LogP contribution in [0.2, 0.25) is 0 Å². The third kappa shape index (κ3) is 3.21. The Hall–Kier alpha value is -1.35. The number of rotatable bonds is 3. The number of ether oxygens (including phenoxy) is 1. The highest BCUT2D eigenvalue weighted by molar-refractivity contribution is 5.79. The summed E-state index contributed by atoms with van der Waals surface area (Å²) in [6.07, 6.45) is 0.850. The van der Waals surface area contributed by atoms with Crippen molar-refractivity contribution < 1.29 is 9.53 Å². The van der Waals surface area contributed by atoms with E-state index in [0.717, 1.165) is 6.42 Å². The number of benzene rings is 1. The summed E-state index contributed by atoms with van der Waals surface area (Å²) in [7, 11) is 0. The molecular weight excluding hydrogens is 250 g/mol. The fourth-order valence-electron chi connectivity index (χ4n) is 2.88. The van der Waals surface area contributed by atoms with Crippen LogP contribution in [0.3, 0.4) is 0 Å². The Labute approximate surface area is 121 Å². The molecule has 0 aromatic heterocycles. The van der Waals surface area contributed by atoms with E-state index in [-0.39, 0.29) is 23.4 Å². The zero-order valence-corrected chi connectivity index (χ0v) is 12.9. The third-order valence-electron chi connectivity index (χ3n) is 3.83. The second kappa shape index (κ2) is 5.96. The highest BCUT2D eigenvalue weighted by atomic mass is 16.5. The molecule has 3 nitrogen and oxygen atoms in total. The van der Waals surface area contributed by atoms with Crippen molar-refractivity contribution in [3.05, 3.63) is 35.9 Å². The molecule has 3 heteroatoms. The van der Waals surface area contributed by atoms with Gasteiger partial charge in [0.15, 0.2) is 0 Å². The van der Waals surface area contributed by atoms with Crippen molar-refractivity contribution in [2.24, 2.45) is 5.92 Å². The van der Waals surface area contributed by atoms with Gasteiger partial charge in [-0.05, 0) is 25.8 Å². The first-order valence-corrected chi connectivity index (χ1v) is 7.36. The molecule has 0 saturated carbocycles. The Morgan fingerprint density at radius 3 is 2.60 bits per heavy atom. The zero-order chi connectivity index (χ0) is 14.8. The molecule has 0 bridgehead atoms. The minimum atomic E-state index is -0.237. The summed E-state index contributed by atoms with van der Waals surface area (Å²) in [4.78, 5) is 14.6. The number of hydrogen-bond donors (Lipinski definition) is 0. The van der Waals surface area contributed by atoms with Gasteiger partial charge in [-0.2, -0.15) is 0 Å². The van der Waals surface area contributed by atoms with Crippen molar-refractivity contribution in [1.82, 2.24) is 4.90 Å². The van der Waals surface area contributed by atoms with E-state index < -0.39 is 0 Å². The summed E-state index contributed by atoms with van der Waals surface area (Å²) in [5.41, 5.74) is 1.01. The maximum atomic E-state index is 12.6. The van der Waals surface area contributed by atoms with E-state index >= 15 is 0 Å². The van der Waals surface area contributed by atoms with Crippen LogP contribution in [0.15, 0.2) is 30.3 Å². The second-order valence-electron chi connectivity index (χ2n) is 6.53. The highest BCUT2D eigenvalue weighted by Crippen LogP contribution is 2.27. The molecule has 2 rings (SSSR count). The first-order chi connectivity index (χ1) is 9.42. The van der Waals surface area contributed by atoms with Gasteiger partial charge in [-0.3, -0.25) is 4.79 Å². The van der Waals surface area contributed by atoms with Crippen molar-refractivity contribution in [3.8, 4) is 0 Å². The molecule has 0 radical (unpaired) electrons. The average Bonchev–Trinajstić information content (AvgIpc) is 2.38. The predicted molar refractivity (Wildman–Crippen MR) is 80.5 cm³/mol. The molecule has 1 aromatic rings. The highest BCUT2D eigenvalue weighted by Gasteiger charge is 2.40. The van der Waals surface area contributed by atoms with Crippen LogP contribution in [-0.2, 0) is 16.0 Å². The summed E-state index contributed by atoms with van der Waals surface area (Å²) in [5.74, 6) is 0.241. The van der Waals surface area contributed by atoms with Gasteiger partial charge < -0.3 is 9.64 Å². The monoisotopic (exact) mass is 275 g/mol. The lowest BCUT2D eigenvalue weighted by Crippen LogP contribution is -2.62. The quantitative estimate of drug-likeness (QED) is 0.849. The molecule has 0 spiro atoms. The SMILES string of the molecule is CC(C)C(=O)N1C(Cc2ccccc2)COCC1(C)C. The molecule has 1 heterocycles. The molecule has 1 saturated heterocycles. The minimum Gasteiger partial charge on any atom is -0.377 e. The Kier molecular flexibility index (Phi) is 4.48. The molecule has 1 unspecified atom stereocenters. The third-order valence-corrected chi connectivity index (χ3v) is 3.83. The van der Waals surface area contributed by atoms with Crippen LogP contribution in [0.4, 0.5) is 0 Å². The van der Waals surface area contributed by atoms with Crippen molar-refractivity contribution in [3.63, 3.8) is 0 Å². The second-order valence-corrected chi connectivity index (χ2v) is 6.53. The Morgan fingerprint density at radius 1 is 1.35 bits per heavy atom. The number of carbonyl (C=O) groups excluding carboxylic acids is 1. The summed E-state index contributed by atoms with van der Waals surface area (Å²) in [5, 5.41) is 0. The molecule has 1 aliphatic heterocycles. The van der Waals surface area contributed by atoms with Crippen molar-refractivity contribution >= 4 is 5.91 Å². The largest absolute Gasteiger partial charge is 0.377 e. The predicted octanol–water partition coefficient (Wildman–Crippen LogP) is 2.89. The van der Waals surface area contributed by atoms with E-state index in [1.165, 1.54) is 5.56 Å². The summed E-state index contributed by atoms with van der Waals surface area (Å²) < 4.78 is 5.74. The van der Waals surface area contributed by atoms with Crippen LogP contribution in [-0.4, -0.2) is 35.6 Å². The lowest BCUT2D eigenvalue weighted by Gasteiger charge is -2.48. The van der Waals surface area contributed by atoms with E-state index in [9.17, 15) is 4.79 Å². The first kappa shape index (κ1) is 15.0. The lowest BCUT2D eigenvalue weighted by atomic mass is 9.93. The Bertz CT molecular complexity index is 453. The molecule has 1 aromatic carbocycles. The van der Waals surface area contributed by atoms with Gasteiger partial charge in [-0.1, -0.05) is 44.2 Å². The van der Waals surface area contributed by atoms with Gasteiger partial charge in [0.05, 0.1) is 24.8 Å². The summed E-state index contributed by atoms with van der Waals surface area (Å²) in [6, 6.07) is 10.4. The minimum absolute atomic E-state index is 0.0191. The van der Waals surface area contributed by atoms with E-state index in [2.05, 4.69) is 26.0 Å². The molecule has 20 heavy (non-hydrogen) atoms. The maximum Gasteiger partial charge on any atom is 0.225 e. The number of amides is 1. The number of nitrogens with zero attached hydrogens (tertiary/aromatic N) is 1. The van der Waals surface area contributed by atoms with Crippen LogP contribution < -0.4 is 0 Å². The fourth-order valence-corrected chi connectivity index (χ4v) is 2.88. The normalized spacial score (nSPS) is 22.1. The van der Waals surface area contributed by atoms with Gasteiger partial charge in [-0.25, -0.2) is 0 Å². The number of hydrogen-bond acceptors (Lipinski definition) is 2. The summed E-state index contributed by atoms with van der Waals surface area (Å²) >= 11 is 0. The first-order valence-electron chi connectivity index (χ1n) is 7.36. The van der Waals surface area contributed by atoms with Gasteiger partial charge in [0.25, 0.3) is 0 Å². The smallest absolute Gasteiger partial charge is 0.225 e. The van der Waals surface area contributed by atoms with Crippen LogP contribution in [0.1, 0.15) is 33.3 Å². The van der Waals surface area contributed by atoms with Gasteiger partial charge in [-0.15, -0.1) is 0 Å². The molecule has 1 aliphatic rings. The van der Waals surface area contributed by atoms with E-state index in [0.29, 0.717) is 13.2 Å². The van der Waals surface area contributed by atoms with Crippen LogP contribution in [0, 0.1) is 5.92 Å². The standard InChI is InChI=1S/C17H25NO2/c1-13(2)16(19)18-15(11-20-12-17(18,3)4)10-14-8-6-5-7-9-14/h5-9,13,15H,10-12H2,1-4H3. The molecule has 1 amide bonds. The van der Waals surface area contributed by atoms with Crippen molar-refractivity contribution in [2.45, 2.75) is 45.7 Å². The van der Waals surface area contributed by atoms with E-state index in [1.807, 2.05) is 36.9 Å². The summed E-state index contributed by atoms with van der Waals surface area (Å²) in [6.45, 7) is 9.34. The Morgan fingerprint density at radius 2 is 2.00 bits per heavy atom. The molecular formula is C17H25NO2. The average molecular weight is 275 g/mol. The van der Waals surface area contributed by atoms with Crippen LogP contribution in [0.25, 0.3) is 0 Å². The van der Waals surface area contributed by atoms with Crippen LogP contribution in [0.5, 0.6) is 0 Å². The van der Waals surface area contributed by atoms with Gasteiger partial charge in [0.2, 0.25) is 5.91 Å². The molecule has 1 fully saturated rings. The molecule has 110 valence electrons. The van der Waals surface area contributed by atoms with Crippen molar-refractivity contribution in [2.75, 3.05) is 13.2 Å². The zero-order valence-electron chi connectivity index (χ0n) is 12.9. The fraction of sp³-hybridized carbons (Fsp3) is 0.588. The van der Waals surface area contributed by atoms with Gasteiger partial charge in [0, 0.05) is 5.92 Å². The van der Waals surface area contributed by atoms with Crippen LogP contribution >= 0.6 is 0 Å². The molecule has 0 N–H and O–H groups in total. The molecule has 1 atom stereocenters. The lowest BCUT2D eigenvalue weighted by molar-refractivity contribution is -0.158. The van der Waals surface area contributed by atoms with Gasteiger partial charge in [0.1, 0.15) is 0 Å². The van der Waals surface area contributed by atoms with E-state index in [1.54, 1.807) is 0 Å². The topological polar surface area (TPSA) is 29.5 Å².